The molecular weight excluding hydrogens is 490 g/mol. The van der Waals surface area contributed by atoms with Crippen molar-refractivity contribution in [3.63, 3.8) is 0 Å². The molecule has 7 nitrogen and oxygen atoms in total. The fraction of sp³-hybridized carbons (Fsp3) is 0.375. The summed E-state index contributed by atoms with van der Waals surface area (Å²) in [6.45, 7) is 15.9. The lowest BCUT2D eigenvalue weighted by molar-refractivity contribution is -0.141. The summed E-state index contributed by atoms with van der Waals surface area (Å²) < 4.78 is 4.95. The van der Waals surface area contributed by atoms with E-state index in [4.69, 9.17) is 4.74 Å². The molecule has 2 heterocycles. The Hall–Kier alpha value is -4.00. The van der Waals surface area contributed by atoms with Gasteiger partial charge in [-0.25, -0.2) is 0 Å². The lowest BCUT2D eigenvalue weighted by atomic mass is 9.93. The number of ether oxygens (including phenoxy) is 1. The Morgan fingerprint density at radius 3 is 2.54 bits per heavy atom. The Kier molecular flexibility index (Phi) is 9.99. The van der Waals surface area contributed by atoms with Crippen molar-refractivity contribution >= 4 is 29.0 Å². The second kappa shape index (κ2) is 13.2. The van der Waals surface area contributed by atoms with Gasteiger partial charge >= 0.3 is 5.97 Å². The van der Waals surface area contributed by atoms with Crippen LogP contribution in [0.3, 0.4) is 0 Å². The molecule has 0 spiro atoms. The highest BCUT2D eigenvalue weighted by molar-refractivity contribution is 6.03. The third kappa shape index (κ3) is 7.11. The number of fused-ring (bicyclic) bond motifs is 1. The van der Waals surface area contributed by atoms with Gasteiger partial charge in [0.15, 0.2) is 0 Å². The molecule has 0 fully saturated rings. The SMILES string of the molecule is C=C/C(C)=C(\C(=C)C)c1cncc([C@H](CC(=O)OC)NC(=O)C(CC(C)C)N2C(=O)CCc3ccccc32)c1. The molecule has 7 heteroatoms. The number of benzene rings is 1. The number of pyridine rings is 1. The molecular formula is C32H39N3O4. The van der Waals surface area contributed by atoms with Crippen LogP contribution in [0.5, 0.6) is 0 Å². The van der Waals surface area contributed by atoms with E-state index < -0.39 is 18.1 Å². The van der Waals surface area contributed by atoms with Crippen LogP contribution in [0.25, 0.3) is 5.57 Å². The molecule has 1 aliphatic heterocycles. The van der Waals surface area contributed by atoms with Crippen LogP contribution >= 0.6 is 0 Å². The molecule has 3 rings (SSSR count). The van der Waals surface area contributed by atoms with Gasteiger partial charge in [0.2, 0.25) is 11.8 Å². The number of methoxy groups -OCH3 is 1. The van der Waals surface area contributed by atoms with Gasteiger partial charge in [-0.3, -0.25) is 24.3 Å². The number of hydrogen-bond donors (Lipinski definition) is 1. The Morgan fingerprint density at radius 2 is 1.90 bits per heavy atom. The summed E-state index contributed by atoms with van der Waals surface area (Å²) in [6, 6.07) is 8.16. The second-order valence-electron chi connectivity index (χ2n) is 10.4. The molecule has 206 valence electrons. The van der Waals surface area contributed by atoms with Crippen molar-refractivity contribution in [3.8, 4) is 0 Å². The molecule has 2 aromatic rings. The van der Waals surface area contributed by atoms with Crippen molar-refractivity contribution in [2.75, 3.05) is 12.0 Å². The fourth-order valence-electron chi connectivity index (χ4n) is 5.04. The number of aromatic nitrogens is 1. The summed E-state index contributed by atoms with van der Waals surface area (Å²) >= 11 is 0. The zero-order chi connectivity index (χ0) is 28.7. The first-order valence-corrected chi connectivity index (χ1v) is 13.3. The van der Waals surface area contributed by atoms with E-state index in [1.54, 1.807) is 23.4 Å². The normalized spacial score (nSPS) is 15.1. The lowest BCUT2D eigenvalue weighted by Gasteiger charge is -2.37. The number of esters is 1. The summed E-state index contributed by atoms with van der Waals surface area (Å²) in [6.07, 6.45) is 6.49. The molecule has 0 saturated carbocycles. The lowest BCUT2D eigenvalue weighted by Crippen LogP contribution is -2.52. The number of rotatable bonds is 11. The number of carbonyl (C=O) groups is 3. The predicted octanol–water partition coefficient (Wildman–Crippen LogP) is 5.73. The van der Waals surface area contributed by atoms with Gasteiger partial charge in [-0.2, -0.15) is 0 Å². The number of nitrogens with one attached hydrogen (secondary N) is 1. The molecule has 1 N–H and O–H groups in total. The number of allylic oxidation sites excluding steroid dienone is 4. The molecule has 0 aliphatic carbocycles. The highest BCUT2D eigenvalue weighted by Gasteiger charge is 2.36. The van der Waals surface area contributed by atoms with Crippen molar-refractivity contribution in [2.24, 2.45) is 5.92 Å². The minimum atomic E-state index is -0.732. The van der Waals surface area contributed by atoms with Gasteiger partial charge in [0.05, 0.1) is 19.6 Å². The van der Waals surface area contributed by atoms with Gasteiger partial charge in [-0.15, -0.1) is 0 Å². The number of carbonyl (C=O) groups excluding carboxylic acids is 3. The van der Waals surface area contributed by atoms with E-state index in [2.05, 4.69) is 23.5 Å². The first kappa shape index (κ1) is 29.6. The monoisotopic (exact) mass is 529 g/mol. The summed E-state index contributed by atoms with van der Waals surface area (Å²) in [4.78, 5) is 45.6. The Balaban J connectivity index is 2.03. The smallest absolute Gasteiger partial charge is 0.307 e. The van der Waals surface area contributed by atoms with E-state index in [1.165, 1.54) is 7.11 Å². The summed E-state index contributed by atoms with van der Waals surface area (Å²) in [5.74, 6) is -0.731. The second-order valence-corrected chi connectivity index (χ2v) is 10.4. The van der Waals surface area contributed by atoms with E-state index in [-0.39, 0.29) is 24.2 Å². The number of hydrogen-bond acceptors (Lipinski definition) is 5. The van der Waals surface area contributed by atoms with E-state index in [9.17, 15) is 14.4 Å². The van der Waals surface area contributed by atoms with E-state index in [0.29, 0.717) is 24.8 Å². The molecule has 2 atom stereocenters. The van der Waals surface area contributed by atoms with Crippen molar-refractivity contribution in [1.82, 2.24) is 10.3 Å². The average molecular weight is 530 g/mol. The van der Waals surface area contributed by atoms with Crippen LogP contribution < -0.4 is 10.2 Å². The van der Waals surface area contributed by atoms with Crippen LogP contribution in [0.15, 0.2) is 73.1 Å². The molecule has 39 heavy (non-hydrogen) atoms. The van der Waals surface area contributed by atoms with E-state index in [0.717, 1.165) is 33.5 Å². The summed E-state index contributed by atoms with van der Waals surface area (Å²) in [5.41, 5.74) is 5.94. The first-order chi connectivity index (χ1) is 18.6. The van der Waals surface area contributed by atoms with Crippen LogP contribution in [0.2, 0.25) is 0 Å². The number of aryl methyl sites for hydroxylation is 1. The Bertz CT molecular complexity index is 1290. The highest BCUT2D eigenvalue weighted by Crippen LogP contribution is 2.32. The average Bonchev–Trinajstić information content (AvgIpc) is 2.91. The van der Waals surface area contributed by atoms with Gasteiger partial charge in [0.1, 0.15) is 6.04 Å². The van der Waals surface area contributed by atoms with Gasteiger partial charge < -0.3 is 10.1 Å². The largest absolute Gasteiger partial charge is 0.469 e. The number of para-hydroxylation sites is 1. The topological polar surface area (TPSA) is 88.6 Å². The number of amides is 2. The molecule has 2 amide bonds. The standard InChI is InChI=1S/C32H39N3O4/c1-8-22(6)31(21(4)5)25-16-24(18-33-19-25)26(17-30(37)39-7)34-32(38)28(15-20(2)3)35-27-12-10-9-11-23(27)13-14-29(35)36/h8-12,16,18-20,26,28H,1,4,13-15,17H2,2-3,5-7H3,(H,34,38)/b31-22+/t26-,28?/m0/s1. The fourth-order valence-corrected chi connectivity index (χ4v) is 5.04. The van der Waals surface area contributed by atoms with Crippen molar-refractivity contribution < 1.29 is 19.1 Å². The zero-order valence-corrected chi connectivity index (χ0v) is 23.6. The third-order valence-corrected chi connectivity index (χ3v) is 6.93. The van der Waals surface area contributed by atoms with Gasteiger partial charge in [0, 0.05) is 30.1 Å². The molecule has 0 radical (unpaired) electrons. The first-order valence-electron chi connectivity index (χ1n) is 13.3. The minimum absolute atomic E-state index is 0.0844. The molecule has 1 unspecified atom stereocenters. The Morgan fingerprint density at radius 1 is 1.18 bits per heavy atom. The molecule has 1 aromatic carbocycles. The number of anilines is 1. The van der Waals surface area contributed by atoms with Crippen molar-refractivity contribution in [3.05, 3.63) is 89.8 Å². The summed E-state index contributed by atoms with van der Waals surface area (Å²) in [5, 5.41) is 3.06. The molecule has 0 bridgehead atoms. The van der Waals surface area contributed by atoms with Crippen LogP contribution in [-0.2, 0) is 25.5 Å². The van der Waals surface area contributed by atoms with Crippen LogP contribution in [0, 0.1) is 5.92 Å². The van der Waals surface area contributed by atoms with Crippen molar-refractivity contribution in [2.45, 2.75) is 65.5 Å². The molecule has 1 aliphatic rings. The molecule has 0 saturated heterocycles. The molecule has 1 aromatic heterocycles. The summed E-state index contributed by atoms with van der Waals surface area (Å²) in [7, 11) is 1.32. The maximum absolute atomic E-state index is 14.0. The minimum Gasteiger partial charge on any atom is -0.469 e. The number of nitrogens with zero attached hydrogens (tertiary/aromatic N) is 2. The van der Waals surface area contributed by atoms with E-state index >= 15 is 0 Å². The quantitative estimate of drug-likeness (QED) is 0.297. The van der Waals surface area contributed by atoms with Gasteiger partial charge in [-0.05, 0) is 67.0 Å². The maximum Gasteiger partial charge on any atom is 0.307 e. The van der Waals surface area contributed by atoms with Crippen LogP contribution in [-0.4, -0.2) is 35.9 Å². The highest BCUT2D eigenvalue weighted by atomic mass is 16.5. The third-order valence-electron chi connectivity index (χ3n) is 6.93. The van der Waals surface area contributed by atoms with E-state index in [1.807, 2.05) is 58.0 Å². The Labute approximate surface area is 231 Å². The van der Waals surface area contributed by atoms with Crippen molar-refractivity contribution in [1.29, 1.82) is 0 Å². The van der Waals surface area contributed by atoms with Gasteiger partial charge in [0.25, 0.3) is 0 Å². The van der Waals surface area contributed by atoms with Gasteiger partial charge in [-0.1, -0.05) is 56.9 Å². The maximum atomic E-state index is 14.0. The van der Waals surface area contributed by atoms with Crippen LogP contribution in [0.4, 0.5) is 5.69 Å². The predicted molar refractivity (Wildman–Crippen MR) is 155 cm³/mol. The van der Waals surface area contributed by atoms with Crippen LogP contribution in [0.1, 0.15) is 69.7 Å². The zero-order valence-electron chi connectivity index (χ0n) is 23.6.